The number of fused-ring (bicyclic) bond motifs is 1. The van der Waals surface area contributed by atoms with Crippen LogP contribution in [0, 0.1) is 20.8 Å². The summed E-state index contributed by atoms with van der Waals surface area (Å²) in [4.78, 5) is 21.7. The van der Waals surface area contributed by atoms with Gasteiger partial charge in [0.2, 0.25) is 0 Å². The molecule has 1 amide bonds. The molecule has 26 heavy (non-hydrogen) atoms. The van der Waals surface area contributed by atoms with Crippen molar-refractivity contribution in [2.75, 3.05) is 32.1 Å². The third-order valence-electron chi connectivity index (χ3n) is 4.20. The number of amides is 1. The van der Waals surface area contributed by atoms with Crippen LogP contribution in [0.25, 0.3) is 10.2 Å². The topological polar surface area (TPSA) is 49.6 Å². The number of thiazole rings is 1. The van der Waals surface area contributed by atoms with Crippen molar-refractivity contribution in [3.8, 4) is 0 Å². The van der Waals surface area contributed by atoms with Crippen LogP contribution in [-0.2, 0) is 0 Å². The van der Waals surface area contributed by atoms with Crippen LogP contribution in [0.1, 0.15) is 27.4 Å². The lowest BCUT2D eigenvalue weighted by molar-refractivity contribution is 0.0983. The van der Waals surface area contributed by atoms with Crippen LogP contribution in [0.5, 0.6) is 0 Å². The molecule has 0 aliphatic carbocycles. The standard InChI is InChI=1S/C19H22ClN3O2S/c1-11-6-7-15(20)17-16(11)21-19(26-17)23(9-8-22(4)5)18(24)14-10-12(2)25-13(14)3/h6-7,10H,8-9H2,1-5H3. The maximum atomic E-state index is 13.2. The summed E-state index contributed by atoms with van der Waals surface area (Å²) < 4.78 is 6.46. The first-order chi connectivity index (χ1) is 12.3. The molecular weight excluding hydrogens is 370 g/mol. The van der Waals surface area contributed by atoms with Crippen LogP contribution < -0.4 is 4.90 Å². The van der Waals surface area contributed by atoms with Crippen molar-refractivity contribution in [2.24, 2.45) is 0 Å². The van der Waals surface area contributed by atoms with Gasteiger partial charge in [-0.1, -0.05) is 29.0 Å². The number of rotatable bonds is 5. The fraction of sp³-hybridized carbons (Fsp3) is 0.368. The molecule has 0 N–H and O–H groups in total. The van der Waals surface area contributed by atoms with Gasteiger partial charge in [-0.15, -0.1) is 0 Å². The van der Waals surface area contributed by atoms with Gasteiger partial charge in [0.15, 0.2) is 5.13 Å². The Morgan fingerprint density at radius 3 is 2.54 bits per heavy atom. The highest BCUT2D eigenvalue weighted by Crippen LogP contribution is 2.36. The Kier molecular flexibility index (Phi) is 5.37. The largest absolute Gasteiger partial charge is 0.466 e. The predicted octanol–water partition coefficient (Wildman–Crippen LogP) is 4.68. The number of aromatic nitrogens is 1. The van der Waals surface area contributed by atoms with Crippen molar-refractivity contribution >= 4 is 44.2 Å². The van der Waals surface area contributed by atoms with E-state index in [0.717, 1.165) is 28.1 Å². The lowest BCUT2D eigenvalue weighted by Gasteiger charge is -2.21. The number of hydrogen-bond acceptors (Lipinski definition) is 5. The number of carbonyl (C=O) groups is 1. The number of carbonyl (C=O) groups excluding carboxylic acids is 1. The molecule has 0 saturated heterocycles. The lowest BCUT2D eigenvalue weighted by Crippen LogP contribution is -2.36. The van der Waals surface area contributed by atoms with E-state index in [2.05, 4.69) is 0 Å². The van der Waals surface area contributed by atoms with Gasteiger partial charge < -0.3 is 9.32 Å². The molecule has 0 saturated carbocycles. The predicted molar refractivity (Wildman–Crippen MR) is 108 cm³/mol. The van der Waals surface area contributed by atoms with E-state index in [1.54, 1.807) is 11.0 Å². The Hall–Kier alpha value is -1.89. The normalized spacial score (nSPS) is 11.5. The van der Waals surface area contributed by atoms with Gasteiger partial charge in [-0.25, -0.2) is 4.98 Å². The number of halogens is 1. The number of furan rings is 1. The minimum absolute atomic E-state index is 0.103. The highest BCUT2D eigenvalue weighted by atomic mass is 35.5. The Balaban J connectivity index is 2.06. The molecule has 3 aromatic rings. The third kappa shape index (κ3) is 3.63. The van der Waals surface area contributed by atoms with E-state index >= 15 is 0 Å². The molecule has 2 heterocycles. The Bertz CT molecular complexity index is 922. The zero-order valence-corrected chi connectivity index (χ0v) is 17.2. The second kappa shape index (κ2) is 7.39. The Morgan fingerprint density at radius 1 is 1.23 bits per heavy atom. The van der Waals surface area contributed by atoms with Crippen molar-refractivity contribution in [3.05, 3.63) is 45.9 Å². The highest BCUT2D eigenvalue weighted by Gasteiger charge is 2.25. The second-order valence-corrected chi connectivity index (χ2v) is 8.01. The van der Waals surface area contributed by atoms with E-state index in [4.69, 9.17) is 21.0 Å². The molecule has 0 bridgehead atoms. The van der Waals surface area contributed by atoms with Crippen molar-refractivity contribution in [2.45, 2.75) is 20.8 Å². The summed E-state index contributed by atoms with van der Waals surface area (Å²) >= 11 is 7.79. The van der Waals surface area contributed by atoms with E-state index in [0.29, 0.717) is 28.0 Å². The minimum Gasteiger partial charge on any atom is -0.466 e. The van der Waals surface area contributed by atoms with Crippen molar-refractivity contribution in [1.29, 1.82) is 0 Å². The summed E-state index contributed by atoms with van der Waals surface area (Å²) in [6, 6.07) is 5.60. The summed E-state index contributed by atoms with van der Waals surface area (Å²) in [6.07, 6.45) is 0. The molecule has 7 heteroatoms. The maximum absolute atomic E-state index is 13.2. The molecule has 0 aliphatic heterocycles. The molecule has 0 radical (unpaired) electrons. The van der Waals surface area contributed by atoms with E-state index in [1.165, 1.54) is 11.3 Å². The van der Waals surface area contributed by atoms with Crippen LogP contribution in [0.3, 0.4) is 0 Å². The van der Waals surface area contributed by atoms with Crippen LogP contribution in [0.2, 0.25) is 5.02 Å². The third-order valence-corrected chi connectivity index (χ3v) is 5.74. The van der Waals surface area contributed by atoms with Gasteiger partial charge in [-0.2, -0.15) is 0 Å². The molecule has 2 aromatic heterocycles. The average Bonchev–Trinajstić information content (AvgIpc) is 3.15. The number of benzene rings is 1. The van der Waals surface area contributed by atoms with Gasteiger partial charge in [-0.05, 0) is 52.6 Å². The fourth-order valence-corrected chi connectivity index (χ4v) is 4.12. The van der Waals surface area contributed by atoms with Crippen molar-refractivity contribution in [3.63, 3.8) is 0 Å². The molecule has 3 rings (SSSR count). The number of hydrogen-bond donors (Lipinski definition) is 0. The lowest BCUT2D eigenvalue weighted by atomic mass is 10.2. The van der Waals surface area contributed by atoms with E-state index in [1.807, 2.05) is 51.9 Å². The number of nitrogens with zero attached hydrogens (tertiary/aromatic N) is 3. The average molecular weight is 392 g/mol. The van der Waals surface area contributed by atoms with Crippen LogP contribution in [0.15, 0.2) is 22.6 Å². The monoisotopic (exact) mass is 391 g/mol. The summed E-state index contributed by atoms with van der Waals surface area (Å²) in [5.74, 6) is 1.24. The summed E-state index contributed by atoms with van der Waals surface area (Å²) in [5, 5.41) is 1.31. The fourth-order valence-electron chi connectivity index (χ4n) is 2.78. The van der Waals surface area contributed by atoms with E-state index in [9.17, 15) is 4.79 Å². The molecule has 0 aliphatic rings. The first-order valence-electron chi connectivity index (χ1n) is 8.37. The van der Waals surface area contributed by atoms with Gasteiger partial charge >= 0.3 is 0 Å². The maximum Gasteiger partial charge on any atom is 0.263 e. The van der Waals surface area contributed by atoms with Gasteiger partial charge in [0.1, 0.15) is 11.5 Å². The second-order valence-electron chi connectivity index (χ2n) is 6.63. The summed E-state index contributed by atoms with van der Waals surface area (Å²) in [6.45, 7) is 6.91. The molecule has 0 unspecified atom stereocenters. The number of anilines is 1. The van der Waals surface area contributed by atoms with E-state index < -0.39 is 0 Å². The van der Waals surface area contributed by atoms with Gasteiger partial charge in [0, 0.05) is 13.1 Å². The number of aryl methyl sites for hydroxylation is 3. The SMILES string of the molecule is Cc1cc(C(=O)N(CCN(C)C)c2nc3c(C)ccc(Cl)c3s2)c(C)o1. The molecule has 0 spiro atoms. The summed E-state index contributed by atoms with van der Waals surface area (Å²) in [5.41, 5.74) is 2.46. The van der Waals surface area contributed by atoms with Crippen LogP contribution in [0.4, 0.5) is 5.13 Å². The van der Waals surface area contributed by atoms with Crippen molar-refractivity contribution < 1.29 is 9.21 Å². The molecule has 138 valence electrons. The van der Waals surface area contributed by atoms with Gasteiger partial charge in [0.25, 0.3) is 5.91 Å². The van der Waals surface area contributed by atoms with Crippen LogP contribution >= 0.6 is 22.9 Å². The first-order valence-corrected chi connectivity index (χ1v) is 9.56. The Morgan fingerprint density at radius 2 is 1.96 bits per heavy atom. The van der Waals surface area contributed by atoms with Crippen molar-refractivity contribution in [1.82, 2.24) is 9.88 Å². The van der Waals surface area contributed by atoms with Gasteiger partial charge in [-0.3, -0.25) is 9.69 Å². The molecule has 1 aromatic carbocycles. The smallest absolute Gasteiger partial charge is 0.263 e. The first kappa shape index (κ1) is 18.9. The van der Waals surface area contributed by atoms with Gasteiger partial charge in [0.05, 0.1) is 20.8 Å². The Labute approximate surface area is 162 Å². The minimum atomic E-state index is -0.103. The molecule has 0 fully saturated rings. The van der Waals surface area contributed by atoms with Crippen LogP contribution in [-0.4, -0.2) is 43.0 Å². The summed E-state index contributed by atoms with van der Waals surface area (Å²) in [7, 11) is 3.96. The highest BCUT2D eigenvalue weighted by molar-refractivity contribution is 7.23. The molecular formula is C19H22ClN3O2S. The number of likely N-dealkylation sites (N-methyl/N-ethyl adjacent to an activating group) is 1. The van der Waals surface area contributed by atoms with E-state index in [-0.39, 0.29) is 5.91 Å². The quantitative estimate of drug-likeness (QED) is 0.633. The zero-order valence-electron chi connectivity index (χ0n) is 15.6. The molecule has 0 atom stereocenters. The molecule has 5 nitrogen and oxygen atoms in total. The zero-order chi connectivity index (χ0) is 19.0.